The maximum absolute atomic E-state index is 13.4. The van der Waals surface area contributed by atoms with Crippen LogP contribution in [0.1, 0.15) is 44.3 Å². The van der Waals surface area contributed by atoms with Gasteiger partial charge in [-0.25, -0.2) is 4.79 Å². The average Bonchev–Trinajstić information content (AvgIpc) is 3.06. The fourth-order valence-electron chi connectivity index (χ4n) is 4.83. The predicted octanol–water partition coefficient (Wildman–Crippen LogP) is 6.27. The highest BCUT2D eigenvalue weighted by atomic mass is 32.2. The van der Waals surface area contributed by atoms with Gasteiger partial charge in [0.2, 0.25) is 5.78 Å². The van der Waals surface area contributed by atoms with E-state index in [1.54, 1.807) is 36.4 Å². The molecule has 11 heteroatoms. The maximum Gasteiger partial charge on any atom is 0.332 e. The number of carbonyl (C=O) groups is 3. The van der Waals surface area contributed by atoms with E-state index in [1.807, 2.05) is 36.4 Å². The molecule has 0 radical (unpaired) electrons. The second kappa shape index (κ2) is 14.1. The van der Waals surface area contributed by atoms with Crippen LogP contribution in [0.2, 0.25) is 0 Å². The third kappa shape index (κ3) is 7.51. The highest BCUT2D eigenvalue weighted by Crippen LogP contribution is 2.29. The minimum atomic E-state index is -0.732. The van der Waals surface area contributed by atoms with Gasteiger partial charge in [-0.1, -0.05) is 29.1 Å². The van der Waals surface area contributed by atoms with E-state index in [-0.39, 0.29) is 33.9 Å². The molecule has 228 valence electrons. The molecule has 1 aliphatic heterocycles. The molecule has 0 amide bonds. The summed E-state index contributed by atoms with van der Waals surface area (Å²) in [6.45, 7) is 5.70. The lowest BCUT2D eigenvalue weighted by Gasteiger charge is -2.28. The Morgan fingerprint density at radius 1 is 0.844 bits per heavy atom. The van der Waals surface area contributed by atoms with E-state index in [0.29, 0.717) is 24.3 Å². The van der Waals surface area contributed by atoms with Crippen LogP contribution >= 0.6 is 11.8 Å². The van der Waals surface area contributed by atoms with Crippen LogP contribution in [0.5, 0.6) is 0 Å². The van der Waals surface area contributed by atoms with E-state index in [1.165, 1.54) is 36.9 Å². The monoisotopic (exact) mass is 623 g/mol. The van der Waals surface area contributed by atoms with Crippen molar-refractivity contribution in [2.75, 3.05) is 31.2 Å². The fraction of sp³-hybridized carbons (Fsp3) is 0.176. The number of oxime groups is 1. The van der Waals surface area contributed by atoms with Crippen molar-refractivity contribution < 1.29 is 28.9 Å². The molecule has 0 unspecified atom stereocenters. The summed E-state index contributed by atoms with van der Waals surface area (Å²) in [4.78, 5) is 57.6. The highest BCUT2D eigenvalue weighted by Gasteiger charge is 2.24. The first-order valence-electron chi connectivity index (χ1n) is 14.1. The second-order valence-corrected chi connectivity index (χ2v) is 11.3. The molecule has 0 aliphatic carbocycles. The lowest BCUT2D eigenvalue weighted by molar-refractivity contribution is -0.385. The largest absolute Gasteiger partial charge is 0.378 e. The first kappa shape index (κ1) is 31.3. The number of nitro benzene ring substituents is 1. The van der Waals surface area contributed by atoms with Crippen LogP contribution in [0.4, 0.5) is 11.4 Å². The zero-order valence-corrected chi connectivity index (χ0v) is 25.4. The molecule has 1 aliphatic rings. The van der Waals surface area contributed by atoms with Gasteiger partial charge in [-0.05, 0) is 79.7 Å². The highest BCUT2D eigenvalue weighted by molar-refractivity contribution is 7.99. The Morgan fingerprint density at radius 2 is 1.40 bits per heavy atom. The van der Waals surface area contributed by atoms with Crippen LogP contribution in [0.25, 0.3) is 0 Å². The minimum absolute atomic E-state index is 0.0619. The van der Waals surface area contributed by atoms with Crippen molar-refractivity contribution in [1.29, 1.82) is 0 Å². The van der Waals surface area contributed by atoms with Gasteiger partial charge in [0.05, 0.1) is 18.1 Å². The van der Waals surface area contributed by atoms with Crippen LogP contribution in [-0.2, 0) is 14.4 Å². The van der Waals surface area contributed by atoms with Crippen molar-refractivity contribution in [3.8, 4) is 0 Å². The number of ketones is 2. The van der Waals surface area contributed by atoms with E-state index < -0.39 is 16.7 Å². The normalized spacial score (nSPS) is 13.3. The van der Waals surface area contributed by atoms with Crippen molar-refractivity contribution in [3.05, 3.63) is 129 Å². The van der Waals surface area contributed by atoms with Crippen LogP contribution in [0.3, 0.4) is 0 Å². The first-order valence-corrected chi connectivity index (χ1v) is 14.9. The predicted molar refractivity (Wildman–Crippen MR) is 170 cm³/mol. The van der Waals surface area contributed by atoms with Gasteiger partial charge in [-0.3, -0.25) is 19.7 Å². The molecule has 0 aromatic heterocycles. The van der Waals surface area contributed by atoms with Crippen LogP contribution in [-0.4, -0.2) is 54.5 Å². The number of carbonyl (C=O) groups excluding carboxylic acids is 3. The van der Waals surface area contributed by atoms with Gasteiger partial charge in [0.25, 0.3) is 5.69 Å². The fourth-order valence-corrected chi connectivity index (χ4v) is 5.65. The molecule has 45 heavy (non-hydrogen) atoms. The van der Waals surface area contributed by atoms with Gasteiger partial charge in [-0.2, -0.15) is 0 Å². The molecule has 0 atom stereocenters. The third-order valence-electron chi connectivity index (χ3n) is 7.21. The third-order valence-corrected chi connectivity index (χ3v) is 8.23. The molecule has 1 heterocycles. The first-order chi connectivity index (χ1) is 21.7. The molecule has 5 rings (SSSR count). The Balaban J connectivity index is 1.27. The Labute approximate surface area is 263 Å². The smallest absolute Gasteiger partial charge is 0.332 e. The summed E-state index contributed by atoms with van der Waals surface area (Å²) in [5.74, 6) is -1.35. The van der Waals surface area contributed by atoms with Gasteiger partial charge in [-0.15, -0.1) is 0 Å². The molecule has 0 N–H and O–H groups in total. The average molecular weight is 624 g/mol. The Hall–Kier alpha value is -5.13. The number of morpholine rings is 1. The van der Waals surface area contributed by atoms with E-state index in [9.17, 15) is 24.5 Å². The topological polar surface area (TPSA) is 128 Å². The Morgan fingerprint density at radius 3 is 1.96 bits per heavy atom. The molecular weight excluding hydrogens is 594 g/mol. The van der Waals surface area contributed by atoms with Gasteiger partial charge in [0, 0.05) is 69.4 Å². The number of ether oxygens (including phenoxy) is 1. The second-order valence-electron chi connectivity index (χ2n) is 10.2. The van der Waals surface area contributed by atoms with E-state index in [2.05, 4.69) is 10.1 Å². The molecule has 0 bridgehead atoms. The van der Waals surface area contributed by atoms with Crippen LogP contribution in [0, 0.1) is 17.0 Å². The van der Waals surface area contributed by atoms with Gasteiger partial charge in [0.15, 0.2) is 11.5 Å². The van der Waals surface area contributed by atoms with Crippen LogP contribution in [0.15, 0.2) is 106 Å². The summed E-state index contributed by atoms with van der Waals surface area (Å²) in [7, 11) is 0. The lowest BCUT2D eigenvalue weighted by atomic mass is 9.96. The summed E-state index contributed by atoms with van der Waals surface area (Å²) in [5, 5.41) is 15.2. The molecule has 4 aromatic rings. The lowest BCUT2D eigenvalue weighted by Crippen LogP contribution is -2.36. The van der Waals surface area contributed by atoms with E-state index >= 15 is 0 Å². The molecule has 1 fully saturated rings. The van der Waals surface area contributed by atoms with Crippen LogP contribution < -0.4 is 4.90 Å². The van der Waals surface area contributed by atoms with E-state index in [0.717, 1.165) is 35.5 Å². The number of Topliss-reactive ketones (excluding diaryl/α,β-unsaturated/α-hetero) is 1. The summed E-state index contributed by atoms with van der Waals surface area (Å²) >= 11 is 1.46. The quantitative estimate of drug-likeness (QED) is 0.0660. The number of nitrogens with zero attached hydrogens (tertiary/aromatic N) is 3. The van der Waals surface area contributed by atoms with Crippen molar-refractivity contribution in [1.82, 2.24) is 0 Å². The number of nitro groups is 1. The molecule has 0 spiro atoms. The number of anilines is 1. The van der Waals surface area contributed by atoms with Crippen molar-refractivity contribution in [2.45, 2.75) is 23.6 Å². The number of benzene rings is 4. The minimum Gasteiger partial charge on any atom is -0.378 e. The summed E-state index contributed by atoms with van der Waals surface area (Å²) in [6, 6.07) is 26.0. The molecule has 10 nitrogen and oxygen atoms in total. The van der Waals surface area contributed by atoms with Crippen molar-refractivity contribution >= 4 is 46.4 Å². The Kier molecular flexibility index (Phi) is 9.81. The zero-order valence-electron chi connectivity index (χ0n) is 24.6. The molecule has 1 saturated heterocycles. The van der Waals surface area contributed by atoms with E-state index in [4.69, 9.17) is 9.57 Å². The van der Waals surface area contributed by atoms with Gasteiger partial charge >= 0.3 is 5.97 Å². The summed E-state index contributed by atoms with van der Waals surface area (Å²) in [5.41, 5.74) is 2.54. The summed E-state index contributed by atoms with van der Waals surface area (Å²) in [6.07, 6.45) is 0. The maximum atomic E-state index is 13.4. The van der Waals surface area contributed by atoms with Crippen molar-refractivity contribution in [3.63, 3.8) is 0 Å². The molecular formula is C34H29N3O7S. The Bertz CT molecular complexity index is 1760. The standard InChI is InChI=1S/C34H29N3O7S/c1-22-30(4-3-5-31(22)37(41)42)32(35-44-23(2)38)34(40)26-10-16-29(17-11-26)45-28-14-8-25(9-15-28)33(39)24-6-12-27(13-7-24)36-18-20-43-21-19-36/h3-17H,18-21H2,1-2H3/b35-32-. The van der Waals surface area contributed by atoms with Crippen molar-refractivity contribution in [2.24, 2.45) is 5.16 Å². The summed E-state index contributed by atoms with van der Waals surface area (Å²) < 4.78 is 5.41. The number of hydrogen-bond donors (Lipinski definition) is 0. The van der Waals surface area contributed by atoms with Gasteiger partial charge < -0.3 is 14.5 Å². The number of rotatable bonds is 10. The number of hydrogen-bond acceptors (Lipinski definition) is 10. The SMILES string of the molecule is CC(=O)O/N=C(\C(=O)c1ccc(Sc2ccc(C(=O)c3ccc(N4CCOCC4)cc3)cc2)cc1)c1cccc([N+](=O)[O-])c1C. The molecule has 0 saturated carbocycles. The van der Waals surface area contributed by atoms with Gasteiger partial charge in [0.1, 0.15) is 0 Å². The molecule has 4 aromatic carbocycles. The zero-order chi connectivity index (χ0) is 31.9.